The Hall–Kier alpha value is -1.56. The number of carbonyl (C=O) groups is 1. The molecule has 0 saturated heterocycles. The van der Waals surface area contributed by atoms with Crippen LogP contribution in [0.25, 0.3) is 0 Å². The molecule has 0 aliphatic heterocycles. The average Bonchev–Trinajstić information content (AvgIpc) is 2.38. The van der Waals surface area contributed by atoms with Crippen molar-refractivity contribution < 1.29 is 13.2 Å². The minimum Gasteiger partial charge on any atom is -0.325 e. The molecule has 1 aromatic carbocycles. The highest BCUT2D eigenvalue weighted by Gasteiger charge is 2.15. The van der Waals surface area contributed by atoms with Gasteiger partial charge in [-0.2, -0.15) is 5.26 Å². The van der Waals surface area contributed by atoms with Gasteiger partial charge in [0, 0.05) is 11.7 Å². The van der Waals surface area contributed by atoms with Crippen LogP contribution in [0, 0.1) is 11.3 Å². The monoisotopic (exact) mass is 327 g/mol. The normalized spacial score (nSPS) is 11.1. The molecule has 0 aromatic heterocycles. The van der Waals surface area contributed by atoms with Crippen molar-refractivity contribution in [3.63, 3.8) is 0 Å². The first kappa shape index (κ1) is 17.5. The molecule has 2 N–H and O–H groups in total. The largest absolute Gasteiger partial charge is 0.325 e. The van der Waals surface area contributed by atoms with Crippen molar-refractivity contribution in [1.29, 1.82) is 5.26 Å². The highest BCUT2D eigenvalue weighted by molar-refractivity contribution is 8.00. The van der Waals surface area contributed by atoms with Gasteiger partial charge in [-0.05, 0) is 38.1 Å². The predicted molar refractivity (Wildman–Crippen MR) is 83.5 cm³/mol. The van der Waals surface area contributed by atoms with E-state index in [0.717, 1.165) is 0 Å². The molecule has 0 spiro atoms. The Morgan fingerprint density at radius 2 is 1.95 bits per heavy atom. The highest BCUT2D eigenvalue weighted by Crippen LogP contribution is 2.14. The van der Waals surface area contributed by atoms with Crippen LogP contribution in [0.5, 0.6) is 0 Å². The zero-order valence-corrected chi connectivity index (χ0v) is 13.4. The summed E-state index contributed by atoms with van der Waals surface area (Å²) in [6.45, 7) is 3.48. The lowest BCUT2D eigenvalue weighted by Crippen LogP contribution is -2.30. The number of carbonyl (C=O) groups excluding carboxylic acids is 1. The van der Waals surface area contributed by atoms with Crippen molar-refractivity contribution in [2.24, 2.45) is 0 Å². The molecule has 0 heterocycles. The van der Waals surface area contributed by atoms with Crippen LogP contribution in [0.2, 0.25) is 0 Å². The standard InChI is InChI=1S/C13H17N3O3S2/c1-10(2)16-21(18,19)12-5-3-11(4-6-12)15-13(17)9-20-8-7-14/h3-6,10,16H,8-9H2,1-2H3,(H,15,17). The van der Waals surface area contributed by atoms with Crippen LogP contribution in [0.4, 0.5) is 5.69 Å². The number of hydrogen-bond donors (Lipinski definition) is 2. The second-order valence-corrected chi connectivity index (χ2v) is 7.20. The Morgan fingerprint density at radius 3 is 2.48 bits per heavy atom. The van der Waals surface area contributed by atoms with Gasteiger partial charge in [0.15, 0.2) is 0 Å². The van der Waals surface area contributed by atoms with E-state index in [0.29, 0.717) is 5.69 Å². The molecule has 21 heavy (non-hydrogen) atoms. The van der Waals surface area contributed by atoms with Gasteiger partial charge in [0.2, 0.25) is 15.9 Å². The fraction of sp³-hybridized carbons (Fsp3) is 0.385. The van der Waals surface area contributed by atoms with Crippen LogP contribution in [0.1, 0.15) is 13.8 Å². The molecule has 0 unspecified atom stereocenters. The van der Waals surface area contributed by atoms with Crippen LogP contribution in [-0.2, 0) is 14.8 Å². The maximum Gasteiger partial charge on any atom is 0.240 e. The summed E-state index contributed by atoms with van der Waals surface area (Å²) >= 11 is 1.22. The van der Waals surface area contributed by atoms with E-state index >= 15 is 0 Å². The molecule has 6 nitrogen and oxygen atoms in total. The lowest BCUT2D eigenvalue weighted by atomic mass is 10.3. The number of thioether (sulfide) groups is 1. The van der Waals surface area contributed by atoms with Crippen molar-refractivity contribution in [2.75, 3.05) is 16.8 Å². The Kier molecular flexibility index (Phi) is 6.68. The number of amides is 1. The van der Waals surface area contributed by atoms with Gasteiger partial charge < -0.3 is 5.32 Å². The molecule has 0 fully saturated rings. The quantitative estimate of drug-likeness (QED) is 0.741. The van der Waals surface area contributed by atoms with Crippen LogP contribution in [0.15, 0.2) is 29.2 Å². The van der Waals surface area contributed by atoms with Crippen molar-refractivity contribution in [3.05, 3.63) is 24.3 Å². The van der Waals surface area contributed by atoms with Gasteiger partial charge in [-0.3, -0.25) is 4.79 Å². The molecular weight excluding hydrogens is 310 g/mol. The smallest absolute Gasteiger partial charge is 0.240 e. The molecule has 1 aromatic rings. The Bertz CT molecular complexity index is 619. The van der Waals surface area contributed by atoms with Crippen LogP contribution in [0.3, 0.4) is 0 Å². The SMILES string of the molecule is CC(C)NS(=O)(=O)c1ccc(NC(=O)CSCC#N)cc1. The Morgan fingerprint density at radius 1 is 1.33 bits per heavy atom. The third-order valence-electron chi connectivity index (χ3n) is 2.24. The van der Waals surface area contributed by atoms with E-state index in [9.17, 15) is 13.2 Å². The molecular formula is C13H17N3O3S2. The summed E-state index contributed by atoms with van der Waals surface area (Å²) in [5.41, 5.74) is 0.515. The van der Waals surface area contributed by atoms with Gasteiger partial charge in [-0.15, -0.1) is 11.8 Å². The van der Waals surface area contributed by atoms with E-state index in [1.807, 2.05) is 6.07 Å². The molecule has 0 aliphatic carbocycles. The molecule has 1 rings (SSSR count). The topological polar surface area (TPSA) is 99.1 Å². The maximum absolute atomic E-state index is 11.9. The first-order valence-electron chi connectivity index (χ1n) is 6.22. The number of sulfonamides is 1. The fourth-order valence-corrected chi connectivity index (χ4v) is 3.18. The second kappa shape index (κ2) is 8.02. The lowest BCUT2D eigenvalue weighted by molar-refractivity contribution is -0.113. The summed E-state index contributed by atoms with van der Waals surface area (Å²) in [5, 5.41) is 11.0. The number of nitrogens with one attached hydrogen (secondary N) is 2. The molecule has 0 aliphatic rings. The minimum absolute atomic E-state index is 0.146. The van der Waals surface area contributed by atoms with Gasteiger partial charge in [-0.25, -0.2) is 13.1 Å². The van der Waals surface area contributed by atoms with Crippen molar-refractivity contribution >= 4 is 33.4 Å². The van der Waals surface area contributed by atoms with Crippen LogP contribution < -0.4 is 10.0 Å². The number of rotatable bonds is 7. The summed E-state index contributed by atoms with van der Waals surface area (Å²) in [7, 11) is -3.53. The Balaban J connectivity index is 2.66. The van der Waals surface area contributed by atoms with Gasteiger partial charge in [-0.1, -0.05) is 0 Å². The number of benzene rings is 1. The number of anilines is 1. The van der Waals surface area contributed by atoms with E-state index in [4.69, 9.17) is 5.26 Å². The summed E-state index contributed by atoms with van der Waals surface area (Å²) in [6, 6.07) is 7.67. The highest BCUT2D eigenvalue weighted by atomic mass is 32.2. The Labute approximate surface area is 129 Å². The summed E-state index contributed by atoms with van der Waals surface area (Å²) in [4.78, 5) is 11.7. The molecule has 8 heteroatoms. The van der Waals surface area contributed by atoms with Gasteiger partial charge >= 0.3 is 0 Å². The number of nitriles is 1. The van der Waals surface area contributed by atoms with E-state index in [1.54, 1.807) is 13.8 Å². The molecule has 0 saturated carbocycles. The first-order valence-corrected chi connectivity index (χ1v) is 8.86. The first-order chi connectivity index (χ1) is 9.85. The number of nitrogens with zero attached hydrogens (tertiary/aromatic N) is 1. The number of hydrogen-bond acceptors (Lipinski definition) is 5. The lowest BCUT2D eigenvalue weighted by Gasteiger charge is -2.10. The van der Waals surface area contributed by atoms with Crippen LogP contribution >= 0.6 is 11.8 Å². The maximum atomic E-state index is 11.9. The van der Waals surface area contributed by atoms with Gasteiger partial charge in [0.1, 0.15) is 0 Å². The third-order valence-corrected chi connectivity index (χ3v) is 4.71. The van der Waals surface area contributed by atoms with E-state index < -0.39 is 10.0 Å². The average molecular weight is 327 g/mol. The van der Waals surface area contributed by atoms with E-state index in [-0.39, 0.29) is 28.4 Å². The van der Waals surface area contributed by atoms with E-state index in [1.165, 1.54) is 36.0 Å². The summed E-state index contributed by atoms with van der Waals surface area (Å²) in [5.74, 6) is 0.208. The van der Waals surface area contributed by atoms with Gasteiger partial charge in [0.25, 0.3) is 0 Å². The molecule has 0 radical (unpaired) electrons. The van der Waals surface area contributed by atoms with Crippen LogP contribution in [-0.4, -0.2) is 31.9 Å². The summed E-state index contributed by atoms with van der Waals surface area (Å²) < 4.78 is 26.3. The second-order valence-electron chi connectivity index (χ2n) is 4.50. The molecule has 114 valence electrons. The molecule has 0 atom stereocenters. The fourth-order valence-electron chi connectivity index (χ4n) is 1.48. The zero-order valence-electron chi connectivity index (χ0n) is 11.8. The van der Waals surface area contributed by atoms with E-state index in [2.05, 4.69) is 10.0 Å². The zero-order chi connectivity index (χ0) is 15.9. The molecule has 1 amide bonds. The summed E-state index contributed by atoms with van der Waals surface area (Å²) in [6.07, 6.45) is 0. The minimum atomic E-state index is -3.53. The van der Waals surface area contributed by atoms with Crippen molar-refractivity contribution in [1.82, 2.24) is 4.72 Å². The van der Waals surface area contributed by atoms with Crippen molar-refractivity contribution in [2.45, 2.75) is 24.8 Å². The van der Waals surface area contributed by atoms with Crippen molar-refractivity contribution in [3.8, 4) is 6.07 Å². The van der Waals surface area contributed by atoms with Gasteiger partial charge in [0.05, 0.1) is 22.5 Å². The molecule has 0 bridgehead atoms. The predicted octanol–water partition coefficient (Wildman–Crippen LogP) is 1.57. The third kappa shape index (κ3) is 6.16.